The van der Waals surface area contributed by atoms with E-state index in [1.807, 2.05) is 69.3 Å². The highest BCUT2D eigenvalue weighted by Gasteiger charge is 2.49. The Labute approximate surface area is 321 Å². The van der Waals surface area contributed by atoms with E-state index in [1.54, 1.807) is 27.7 Å². The van der Waals surface area contributed by atoms with Crippen molar-refractivity contribution in [3.8, 4) is 16.9 Å². The third-order valence-corrected chi connectivity index (χ3v) is 12.3. The number of carbonyl (C=O) groups is 3. The highest BCUT2D eigenvalue weighted by atomic mass is 32.2. The molecule has 3 aromatic carbocycles. The molecule has 2 heterocycles. The summed E-state index contributed by atoms with van der Waals surface area (Å²) in [6.45, 7) is 12.1. The van der Waals surface area contributed by atoms with Crippen molar-refractivity contribution in [1.82, 2.24) is 14.9 Å². The van der Waals surface area contributed by atoms with Gasteiger partial charge in [-0.3, -0.25) is 14.7 Å². The number of ether oxygens (including phenoxy) is 3. The predicted octanol–water partition coefficient (Wildman–Crippen LogP) is 4.65. The fraction of sp³-hybridized carbons (Fsp3) is 0.450. The van der Waals surface area contributed by atoms with Crippen LogP contribution >= 0.6 is 0 Å². The molecule has 2 amide bonds. The van der Waals surface area contributed by atoms with Gasteiger partial charge in [0.15, 0.2) is 6.04 Å². The Morgan fingerprint density at radius 2 is 1.62 bits per heavy atom. The van der Waals surface area contributed by atoms with Gasteiger partial charge in [-0.25, -0.2) is 22.7 Å². The van der Waals surface area contributed by atoms with Crippen LogP contribution in [0.1, 0.15) is 79.8 Å². The lowest BCUT2D eigenvalue weighted by Crippen LogP contribution is -2.57. The number of carbonyl (C=O) groups excluding carboxylic acids is 2. The number of amides is 2. The van der Waals surface area contributed by atoms with Crippen LogP contribution in [0.2, 0.25) is 0 Å². The number of hydrogen-bond donors (Lipinski definition) is 4. The minimum atomic E-state index is -4.14. The number of benzene rings is 3. The molecule has 0 bridgehead atoms. The molecule has 1 fully saturated rings. The lowest BCUT2D eigenvalue weighted by atomic mass is 9.94. The van der Waals surface area contributed by atoms with Crippen LogP contribution in [0.15, 0.2) is 58.4 Å². The quantitative estimate of drug-likeness (QED) is 0.121. The van der Waals surface area contributed by atoms with Crippen LogP contribution in [-0.2, 0) is 35.5 Å². The molecule has 5 N–H and O–H groups in total. The van der Waals surface area contributed by atoms with E-state index in [4.69, 9.17) is 19.9 Å². The number of hydrogen-bond acceptors (Lipinski definition) is 9. The largest absolute Gasteiger partial charge is 0.487 e. The lowest BCUT2D eigenvalue weighted by Gasteiger charge is -2.35. The number of nitrogens with one attached hydrogen (secondary N) is 2. The first-order chi connectivity index (χ1) is 25.8. The molecule has 3 aromatic rings. The molecule has 1 aliphatic carbocycles. The summed E-state index contributed by atoms with van der Waals surface area (Å²) in [5.74, 6) is -1.78. The first kappa shape index (κ1) is 39.5. The predicted molar refractivity (Wildman–Crippen MR) is 205 cm³/mol. The number of aliphatic imine (C=N–C) groups is 1. The lowest BCUT2D eigenvalue weighted by molar-refractivity contribution is -0.156. The van der Waals surface area contributed by atoms with Crippen LogP contribution in [0.5, 0.6) is 5.75 Å². The smallest absolute Gasteiger partial charge is 0.407 e. The summed E-state index contributed by atoms with van der Waals surface area (Å²) in [6.07, 6.45) is -0.134. The van der Waals surface area contributed by atoms with Gasteiger partial charge in [0.1, 0.15) is 29.7 Å². The van der Waals surface area contributed by atoms with Crippen molar-refractivity contribution in [3.63, 3.8) is 0 Å². The maximum Gasteiger partial charge on any atom is 0.407 e. The Balaban J connectivity index is 1.15. The van der Waals surface area contributed by atoms with Gasteiger partial charge in [0.05, 0.1) is 11.5 Å². The Morgan fingerprint density at radius 1 is 1.00 bits per heavy atom. The van der Waals surface area contributed by atoms with Crippen molar-refractivity contribution < 1.29 is 42.1 Å². The van der Waals surface area contributed by atoms with E-state index in [-0.39, 0.29) is 49.4 Å². The molecule has 55 heavy (non-hydrogen) atoms. The molecular weight excluding hydrogens is 727 g/mol. The Kier molecular flexibility index (Phi) is 10.7. The molecule has 15 heteroatoms. The van der Waals surface area contributed by atoms with Gasteiger partial charge in [-0.05, 0) is 100 Å². The first-order valence-corrected chi connectivity index (χ1v) is 19.8. The van der Waals surface area contributed by atoms with Crippen LogP contribution in [0, 0.1) is 20.8 Å². The van der Waals surface area contributed by atoms with E-state index in [0.717, 1.165) is 38.3 Å². The minimum absolute atomic E-state index is 0.00347. The zero-order valence-electron chi connectivity index (χ0n) is 32.2. The van der Waals surface area contributed by atoms with Crippen molar-refractivity contribution in [2.45, 2.75) is 102 Å². The zero-order valence-corrected chi connectivity index (χ0v) is 33.0. The molecule has 14 nitrogen and oxygen atoms in total. The highest BCUT2D eigenvalue weighted by Crippen LogP contribution is 2.45. The second kappa shape index (κ2) is 14.8. The fourth-order valence-corrected chi connectivity index (χ4v) is 9.50. The number of guanidine groups is 1. The number of nitrogens with two attached hydrogens (primary N) is 1. The van der Waals surface area contributed by atoms with E-state index in [1.165, 1.54) is 0 Å². The average Bonchev–Trinajstić information content (AvgIpc) is 3.74. The number of carboxylic acids is 1. The van der Waals surface area contributed by atoms with Crippen molar-refractivity contribution in [3.05, 3.63) is 81.9 Å². The van der Waals surface area contributed by atoms with E-state index < -0.39 is 51.4 Å². The molecule has 294 valence electrons. The number of carboxylic acid groups (broad SMARTS) is 1. The van der Waals surface area contributed by atoms with Crippen molar-refractivity contribution in [2.75, 3.05) is 19.8 Å². The third kappa shape index (κ3) is 7.72. The SMILES string of the molecule is Cc1c(C)c(S(=O)(=O)NC(N)=NCCC[C@H](NC(=O)OCC2c3ccccc3-c3ccccc32)C(=O)N2[C@H](C(=O)O)COC2(C)C)c(C)c2c1OC(C)(C)C2. The molecule has 0 radical (unpaired) electrons. The molecule has 0 spiro atoms. The van der Waals surface area contributed by atoms with Crippen LogP contribution in [0.4, 0.5) is 4.79 Å². The van der Waals surface area contributed by atoms with Crippen LogP contribution < -0.4 is 20.5 Å². The summed E-state index contributed by atoms with van der Waals surface area (Å²) in [7, 11) is -4.14. The van der Waals surface area contributed by atoms with Gasteiger partial charge in [-0.2, -0.15) is 0 Å². The number of nitrogens with zero attached hydrogens (tertiary/aromatic N) is 2. The maximum atomic E-state index is 14.0. The summed E-state index contributed by atoms with van der Waals surface area (Å²) in [6, 6.07) is 13.3. The Morgan fingerprint density at radius 3 is 2.24 bits per heavy atom. The summed E-state index contributed by atoms with van der Waals surface area (Å²) in [4.78, 5) is 45.0. The van der Waals surface area contributed by atoms with E-state index in [9.17, 15) is 27.9 Å². The summed E-state index contributed by atoms with van der Waals surface area (Å²) in [5.41, 5.74) is 11.2. The van der Waals surface area contributed by atoms with Crippen molar-refractivity contribution >= 4 is 34.0 Å². The van der Waals surface area contributed by atoms with E-state index in [2.05, 4.69) is 15.0 Å². The standard InChI is InChI=1S/C40H49N5O9S/c1-22-23(2)34(24(3)29-19-39(4,5)54-33(22)29)55(50,51)44-37(41)42-18-12-17-31(35(46)45-32(36(47)48)21-53-40(45,6)7)43-38(49)52-20-30-27-15-10-8-13-25(27)26-14-9-11-16-28(26)30/h8-11,13-16,30-32H,12,17-21H2,1-7H3,(H,43,49)(H,47,48)(H3,41,42,44)/t31-,32-/m0/s1. The molecule has 1 saturated heterocycles. The number of fused-ring (bicyclic) bond motifs is 4. The Bertz CT molecular complexity index is 2140. The van der Waals surface area contributed by atoms with Crippen LogP contribution in [-0.4, -0.2) is 85.5 Å². The van der Waals surface area contributed by atoms with E-state index >= 15 is 0 Å². The summed E-state index contributed by atoms with van der Waals surface area (Å²) in [5, 5.41) is 12.5. The fourth-order valence-electron chi connectivity index (χ4n) is 7.97. The van der Waals surface area contributed by atoms with Gasteiger partial charge in [0.2, 0.25) is 11.9 Å². The first-order valence-electron chi connectivity index (χ1n) is 18.3. The van der Waals surface area contributed by atoms with Gasteiger partial charge >= 0.3 is 12.1 Å². The number of sulfonamides is 1. The van der Waals surface area contributed by atoms with Gasteiger partial charge in [0, 0.05) is 24.4 Å². The summed E-state index contributed by atoms with van der Waals surface area (Å²) >= 11 is 0. The second-order valence-electron chi connectivity index (χ2n) is 15.4. The molecule has 0 aromatic heterocycles. The van der Waals surface area contributed by atoms with Crippen LogP contribution in [0.25, 0.3) is 11.1 Å². The monoisotopic (exact) mass is 775 g/mol. The number of rotatable bonds is 11. The van der Waals surface area contributed by atoms with Gasteiger partial charge in [-0.15, -0.1) is 0 Å². The molecule has 0 saturated carbocycles. The van der Waals surface area contributed by atoms with Crippen LogP contribution in [0.3, 0.4) is 0 Å². The maximum absolute atomic E-state index is 14.0. The number of aliphatic carboxylic acids is 1. The van der Waals surface area contributed by atoms with Gasteiger partial charge in [0.25, 0.3) is 10.0 Å². The highest BCUT2D eigenvalue weighted by molar-refractivity contribution is 7.90. The van der Waals surface area contributed by atoms with Crippen molar-refractivity contribution in [2.24, 2.45) is 10.7 Å². The van der Waals surface area contributed by atoms with E-state index in [0.29, 0.717) is 23.3 Å². The minimum Gasteiger partial charge on any atom is -0.487 e. The molecule has 2 atom stereocenters. The third-order valence-electron chi connectivity index (χ3n) is 10.7. The topological polar surface area (TPSA) is 199 Å². The average molecular weight is 776 g/mol. The molecule has 6 rings (SSSR count). The summed E-state index contributed by atoms with van der Waals surface area (Å²) < 4.78 is 47.2. The normalized spacial score (nSPS) is 18.9. The van der Waals surface area contributed by atoms with Gasteiger partial charge < -0.3 is 30.4 Å². The molecule has 0 unspecified atom stereocenters. The zero-order chi connectivity index (χ0) is 40.0. The van der Waals surface area contributed by atoms with Gasteiger partial charge in [-0.1, -0.05) is 48.5 Å². The molecule has 3 aliphatic rings. The molecule has 2 aliphatic heterocycles. The number of alkyl carbamates (subject to hydrolysis) is 1. The second-order valence-corrected chi connectivity index (χ2v) is 17.0. The van der Waals surface area contributed by atoms with Crippen molar-refractivity contribution in [1.29, 1.82) is 0 Å². The molecular formula is C40H49N5O9S. The Hall–Kier alpha value is -5.15.